The van der Waals surface area contributed by atoms with Gasteiger partial charge in [0.05, 0.1) is 6.04 Å². The highest BCUT2D eigenvalue weighted by molar-refractivity contribution is 6.09. The largest absolute Gasteiger partial charge is 0.348 e. The van der Waals surface area contributed by atoms with Crippen LogP contribution < -0.4 is 10.6 Å². The second-order valence-electron chi connectivity index (χ2n) is 6.51. The molecule has 1 fully saturated rings. The maximum atomic E-state index is 12.8. The Hall–Kier alpha value is -3.15. The highest BCUT2D eigenvalue weighted by atomic mass is 16.2. The van der Waals surface area contributed by atoms with E-state index in [0.29, 0.717) is 5.56 Å². The molecule has 2 aromatic carbocycles. The van der Waals surface area contributed by atoms with E-state index in [0.717, 1.165) is 10.5 Å². The first kappa shape index (κ1) is 17.7. The predicted molar refractivity (Wildman–Crippen MR) is 97.0 cm³/mol. The molecular weight excluding hydrogens is 330 g/mol. The van der Waals surface area contributed by atoms with Gasteiger partial charge in [-0.1, -0.05) is 60.7 Å². The minimum absolute atomic E-state index is 0.218. The standard InChI is InChI=1S/C20H21N3O3/c1-14(15-9-5-3-6-10-15)21-17(24)13-23-18(25)20(2,22-19(23)26)16-11-7-4-8-12-16/h3-12,14H,13H2,1-2H3,(H,21,24)(H,22,26)/t14-,20+/m1/s1. The summed E-state index contributed by atoms with van der Waals surface area (Å²) in [6, 6.07) is 17.7. The molecule has 26 heavy (non-hydrogen) atoms. The molecule has 2 N–H and O–H groups in total. The Morgan fingerprint density at radius 1 is 1.08 bits per heavy atom. The van der Waals surface area contributed by atoms with Crippen molar-refractivity contribution < 1.29 is 14.4 Å². The highest BCUT2D eigenvalue weighted by Gasteiger charge is 2.49. The summed E-state index contributed by atoms with van der Waals surface area (Å²) in [5.74, 6) is -0.821. The average molecular weight is 351 g/mol. The van der Waals surface area contributed by atoms with Crippen molar-refractivity contribution in [3.8, 4) is 0 Å². The molecule has 3 rings (SSSR count). The molecule has 134 valence electrons. The minimum Gasteiger partial charge on any atom is -0.348 e. The number of urea groups is 1. The molecule has 0 unspecified atom stereocenters. The third-order valence-electron chi connectivity index (χ3n) is 4.60. The van der Waals surface area contributed by atoms with E-state index in [-0.39, 0.29) is 18.5 Å². The van der Waals surface area contributed by atoms with Gasteiger partial charge < -0.3 is 10.6 Å². The van der Waals surface area contributed by atoms with Gasteiger partial charge in [-0.3, -0.25) is 14.5 Å². The quantitative estimate of drug-likeness (QED) is 0.812. The third-order valence-corrected chi connectivity index (χ3v) is 4.60. The summed E-state index contributed by atoms with van der Waals surface area (Å²) in [6.45, 7) is 3.19. The van der Waals surface area contributed by atoms with Gasteiger partial charge in [0, 0.05) is 0 Å². The maximum Gasteiger partial charge on any atom is 0.325 e. The molecule has 0 radical (unpaired) electrons. The third kappa shape index (κ3) is 3.31. The zero-order chi connectivity index (χ0) is 18.7. The number of hydrogen-bond donors (Lipinski definition) is 2. The normalized spacial score (nSPS) is 20.6. The first-order valence-electron chi connectivity index (χ1n) is 8.46. The Labute approximate surface area is 152 Å². The lowest BCUT2D eigenvalue weighted by Gasteiger charge is -2.22. The molecule has 0 spiro atoms. The average Bonchev–Trinajstić information content (AvgIpc) is 2.87. The summed E-state index contributed by atoms with van der Waals surface area (Å²) in [4.78, 5) is 38.4. The lowest BCUT2D eigenvalue weighted by molar-refractivity contribution is -0.135. The molecule has 1 aliphatic heterocycles. The number of nitrogens with one attached hydrogen (secondary N) is 2. The first-order valence-corrected chi connectivity index (χ1v) is 8.46. The summed E-state index contributed by atoms with van der Waals surface area (Å²) < 4.78 is 0. The molecule has 2 atom stereocenters. The van der Waals surface area contributed by atoms with Crippen LogP contribution in [-0.2, 0) is 15.1 Å². The van der Waals surface area contributed by atoms with Crippen molar-refractivity contribution in [1.29, 1.82) is 0 Å². The van der Waals surface area contributed by atoms with E-state index in [1.54, 1.807) is 31.2 Å². The lowest BCUT2D eigenvalue weighted by Crippen LogP contribution is -2.43. The fourth-order valence-electron chi connectivity index (χ4n) is 3.06. The number of hydrogen-bond acceptors (Lipinski definition) is 3. The molecule has 0 aliphatic carbocycles. The minimum atomic E-state index is -1.16. The predicted octanol–water partition coefficient (Wildman–Crippen LogP) is 2.33. The van der Waals surface area contributed by atoms with Crippen LogP contribution in [0.25, 0.3) is 0 Å². The highest BCUT2D eigenvalue weighted by Crippen LogP contribution is 2.28. The van der Waals surface area contributed by atoms with Crippen LogP contribution in [0, 0.1) is 0 Å². The smallest absolute Gasteiger partial charge is 0.325 e. The number of benzene rings is 2. The van der Waals surface area contributed by atoms with Crippen LogP contribution >= 0.6 is 0 Å². The first-order chi connectivity index (χ1) is 12.4. The van der Waals surface area contributed by atoms with Crippen LogP contribution in [0.5, 0.6) is 0 Å². The van der Waals surface area contributed by atoms with E-state index in [1.165, 1.54) is 0 Å². The van der Waals surface area contributed by atoms with Crippen molar-refractivity contribution in [1.82, 2.24) is 15.5 Å². The zero-order valence-electron chi connectivity index (χ0n) is 14.7. The SMILES string of the molecule is C[C@@H](NC(=O)CN1C(=O)N[C@@](C)(c2ccccc2)C1=O)c1ccccc1. The van der Waals surface area contributed by atoms with Crippen LogP contribution in [0.2, 0.25) is 0 Å². The maximum absolute atomic E-state index is 12.8. The van der Waals surface area contributed by atoms with E-state index in [1.807, 2.05) is 43.3 Å². The molecule has 2 aromatic rings. The number of imide groups is 1. The van der Waals surface area contributed by atoms with E-state index in [9.17, 15) is 14.4 Å². The topological polar surface area (TPSA) is 78.5 Å². The van der Waals surface area contributed by atoms with Gasteiger partial charge >= 0.3 is 6.03 Å². The van der Waals surface area contributed by atoms with Crippen molar-refractivity contribution in [3.05, 3.63) is 71.8 Å². The molecule has 0 saturated carbocycles. The second-order valence-corrected chi connectivity index (χ2v) is 6.51. The fraction of sp³-hybridized carbons (Fsp3) is 0.250. The van der Waals surface area contributed by atoms with E-state index in [4.69, 9.17) is 0 Å². The second kappa shape index (κ2) is 7.00. The van der Waals surface area contributed by atoms with Crippen LogP contribution in [0.3, 0.4) is 0 Å². The molecular formula is C20H21N3O3. The van der Waals surface area contributed by atoms with Crippen LogP contribution in [0.15, 0.2) is 60.7 Å². The Morgan fingerprint density at radius 3 is 2.27 bits per heavy atom. The summed E-state index contributed by atoms with van der Waals surface area (Å²) in [6.07, 6.45) is 0. The van der Waals surface area contributed by atoms with Crippen LogP contribution in [0.1, 0.15) is 31.0 Å². The summed E-state index contributed by atoms with van der Waals surface area (Å²) >= 11 is 0. The van der Waals surface area contributed by atoms with Crippen molar-refractivity contribution in [2.45, 2.75) is 25.4 Å². The number of nitrogens with zero attached hydrogens (tertiary/aromatic N) is 1. The lowest BCUT2D eigenvalue weighted by atomic mass is 9.92. The van der Waals surface area contributed by atoms with Gasteiger partial charge in [-0.25, -0.2) is 4.79 Å². The number of amides is 4. The molecule has 6 heteroatoms. The van der Waals surface area contributed by atoms with Gasteiger partial charge in [0.2, 0.25) is 5.91 Å². The van der Waals surface area contributed by atoms with Gasteiger partial charge in [-0.05, 0) is 25.0 Å². The molecule has 1 heterocycles. The molecule has 4 amide bonds. The van der Waals surface area contributed by atoms with E-state index < -0.39 is 17.5 Å². The molecule has 0 aromatic heterocycles. The Morgan fingerprint density at radius 2 is 1.65 bits per heavy atom. The molecule has 6 nitrogen and oxygen atoms in total. The summed E-state index contributed by atoms with van der Waals surface area (Å²) in [7, 11) is 0. The monoisotopic (exact) mass is 351 g/mol. The fourth-order valence-corrected chi connectivity index (χ4v) is 3.06. The molecule has 1 saturated heterocycles. The van der Waals surface area contributed by atoms with Crippen molar-refractivity contribution in [3.63, 3.8) is 0 Å². The van der Waals surface area contributed by atoms with Gasteiger partial charge in [0.15, 0.2) is 0 Å². The Bertz CT molecular complexity index is 823. The van der Waals surface area contributed by atoms with Crippen molar-refractivity contribution in [2.75, 3.05) is 6.54 Å². The number of carbonyl (C=O) groups excluding carboxylic acids is 3. The van der Waals surface area contributed by atoms with Gasteiger partial charge in [0.25, 0.3) is 5.91 Å². The van der Waals surface area contributed by atoms with Crippen LogP contribution in [0.4, 0.5) is 4.79 Å². The van der Waals surface area contributed by atoms with Crippen molar-refractivity contribution in [2.24, 2.45) is 0 Å². The van der Waals surface area contributed by atoms with E-state index in [2.05, 4.69) is 10.6 Å². The van der Waals surface area contributed by atoms with Crippen molar-refractivity contribution >= 4 is 17.8 Å². The van der Waals surface area contributed by atoms with E-state index >= 15 is 0 Å². The van der Waals surface area contributed by atoms with Gasteiger partial charge in [-0.2, -0.15) is 0 Å². The zero-order valence-corrected chi connectivity index (χ0v) is 14.7. The van der Waals surface area contributed by atoms with Gasteiger partial charge in [-0.15, -0.1) is 0 Å². The summed E-state index contributed by atoms with van der Waals surface area (Å²) in [5.41, 5.74) is 0.468. The summed E-state index contributed by atoms with van der Waals surface area (Å²) in [5, 5.41) is 5.51. The molecule has 0 bridgehead atoms. The molecule has 1 aliphatic rings. The number of rotatable bonds is 5. The van der Waals surface area contributed by atoms with Crippen LogP contribution in [-0.4, -0.2) is 29.3 Å². The van der Waals surface area contributed by atoms with Gasteiger partial charge in [0.1, 0.15) is 12.1 Å². The Balaban J connectivity index is 1.69. The Kier molecular flexibility index (Phi) is 4.75. The number of carbonyl (C=O) groups is 3.